The molecule has 2 aromatic rings. The van der Waals surface area contributed by atoms with E-state index in [9.17, 15) is 8.42 Å². The maximum absolute atomic E-state index is 11.3. The molecule has 11 heteroatoms. The number of anilines is 2. The fourth-order valence-electron chi connectivity index (χ4n) is 2.21. The first-order chi connectivity index (χ1) is 12.9. The Labute approximate surface area is 157 Å². The zero-order valence-corrected chi connectivity index (χ0v) is 15.6. The molecule has 0 bridgehead atoms. The molecular weight excluding hydrogens is 372 g/mol. The monoisotopic (exact) mass is 394 g/mol. The smallest absolute Gasteiger partial charge is 0.320 e. The fourth-order valence-corrected chi connectivity index (χ4v) is 2.72. The first-order valence-electron chi connectivity index (χ1n) is 8.14. The summed E-state index contributed by atoms with van der Waals surface area (Å²) < 4.78 is 27.9. The van der Waals surface area contributed by atoms with Gasteiger partial charge in [-0.3, -0.25) is 0 Å². The summed E-state index contributed by atoms with van der Waals surface area (Å²) in [7, 11) is -3.74. The third-order valence-corrected chi connectivity index (χ3v) is 4.38. The van der Waals surface area contributed by atoms with E-state index >= 15 is 0 Å². The zero-order valence-electron chi connectivity index (χ0n) is 14.8. The molecule has 2 rings (SSSR count). The molecule has 1 aromatic carbocycles. The highest BCUT2D eigenvalue weighted by Gasteiger charge is 2.14. The molecule has 146 valence electrons. The van der Waals surface area contributed by atoms with Crippen LogP contribution in [0.2, 0.25) is 0 Å². The molecule has 6 N–H and O–H groups in total. The van der Waals surface area contributed by atoms with Gasteiger partial charge in [-0.15, -0.1) is 0 Å². The minimum atomic E-state index is -3.74. The Morgan fingerprint density at radius 2 is 1.85 bits per heavy atom. The van der Waals surface area contributed by atoms with Gasteiger partial charge in [-0.2, -0.15) is 9.97 Å². The highest BCUT2D eigenvalue weighted by molar-refractivity contribution is 7.89. The van der Waals surface area contributed by atoms with Gasteiger partial charge in [0.15, 0.2) is 0 Å². The lowest BCUT2D eigenvalue weighted by atomic mass is 10.2. The van der Waals surface area contributed by atoms with Gasteiger partial charge in [0.25, 0.3) is 0 Å². The number of benzene rings is 1. The molecule has 0 fully saturated rings. The van der Waals surface area contributed by atoms with E-state index in [0.29, 0.717) is 30.3 Å². The van der Waals surface area contributed by atoms with Crippen LogP contribution in [0.15, 0.2) is 29.2 Å². The first kappa shape index (κ1) is 20.6. The number of aliphatic hydroxyl groups is 1. The third kappa shape index (κ3) is 5.61. The van der Waals surface area contributed by atoms with E-state index in [1.807, 2.05) is 6.92 Å². The van der Waals surface area contributed by atoms with Crippen LogP contribution in [0.25, 0.3) is 0 Å². The summed E-state index contributed by atoms with van der Waals surface area (Å²) in [5.41, 5.74) is 1.24. The van der Waals surface area contributed by atoms with Gasteiger partial charge in [0.05, 0.1) is 17.1 Å². The van der Waals surface area contributed by atoms with E-state index in [1.165, 1.54) is 12.1 Å². The van der Waals surface area contributed by atoms with Crippen molar-refractivity contribution in [2.24, 2.45) is 5.14 Å². The molecular formula is C16H22N6O4S. The van der Waals surface area contributed by atoms with Crippen molar-refractivity contribution in [3.05, 3.63) is 35.4 Å². The van der Waals surface area contributed by atoms with Gasteiger partial charge < -0.3 is 25.9 Å². The Hall–Kier alpha value is -2.76. The molecule has 0 atom stereocenters. The van der Waals surface area contributed by atoms with Gasteiger partial charge in [0, 0.05) is 19.3 Å². The van der Waals surface area contributed by atoms with E-state index < -0.39 is 10.0 Å². The second-order valence-electron chi connectivity index (χ2n) is 5.41. The van der Waals surface area contributed by atoms with E-state index in [-0.39, 0.29) is 24.1 Å². The highest BCUT2D eigenvalue weighted by atomic mass is 32.2. The summed E-state index contributed by atoms with van der Waals surface area (Å²) >= 11 is 0. The van der Waals surface area contributed by atoms with Crippen LogP contribution in [-0.4, -0.2) is 49.5 Å². The Kier molecular flexibility index (Phi) is 7.05. The number of hydrogen-bond donors (Lipinski definition) is 5. The molecule has 0 amide bonds. The Morgan fingerprint density at radius 1 is 1.22 bits per heavy atom. The fraction of sp³-hybridized carbons (Fsp3) is 0.312. The van der Waals surface area contributed by atoms with E-state index in [0.717, 1.165) is 11.8 Å². The van der Waals surface area contributed by atoms with Crippen LogP contribution in [0.5, 0.6) is 6.01 Å². The maximum atomic E-state index is 11.3. The quantitative estimate of drug-likeness (QED) is 0.364. The van der Waals surface area contributed by atoms with Crippen LogP contribution in [0.3, 0.4) is 0 Å². The van der Waals surface area contributed by atoms with Crippen LogP contribution in [0, 0.1) is 5.41 Å². The van der Waals surface area contributed by atoms with Crippen molar-refractivity contribution >= 4 is 27.9 Å². The molecule has 1 aromatic heterocycles. The predicted octanol–water partition coefficient (Wildman–Crippen LogP) is 0.537. The van der Waals surface area contributed by atoms with Crippen molar-refractivity contribution in [2.75, 3.05) is 30.4 Å². The Bertz CT molecular complexity index is 887. The Morgan fingerprint density at radius 3 is 2.37 bits per heavy atom. The highest BCUT2D eigenvalue weighted by Crippen LogP contribution is 2.23. The van der Waals surface area contributed by atoms with E-state index in [4.69, 9.17) is 20.4 Å². The Balaban J connectivity index is 2.25. The van der Waals surface area contributed by atoms with Crippen molar-refractivity contribution < 1.29 is 18.3 Å². The molecule has 0 unspecified atom stereocenters. The minimum absolute atomic E-state index is 0.0302. The normalized spacial score (nSPS) is 11.1. The summed E-state index contributed by atoms with van der Waals surface area (Å²) in [5, 5.41) is 27.8. The van der Waals surface area contributed by atoms with Crippen LogP contribution in [0.1, 0.15) is 18.1 Å². The number of rotatable bonds is 10. The third-order valence-electron chi connectivity index (χ3n) is 3.45. The second-order valence-corrected chi connectivity index (χ2v) is 6.97. The molecule has 0 aliphatic rings. The summed E-state index contributed by atoms with van der Waals surface area (Å²) in [6.07, 6.45) is 1.13. The number of sulfonamides is 1. The van der Waals surface area contributed by atoms with Crippen molar-refractivity contribution in [2.45, 2.75) is 18.4 Å². The molecule has 0 saturated heterocycles. The summed E-state index contributed by atoms with van der Waals surface area (Å²) in [4.78, 5) is 8.46. The number of nitrogens with zero attached hydrogens (tertiary/aromatic N) is 2. The number of aliphatic hydroxyl groups excluding tert-OH is 1. The number of primary sulfonamides is 1. The molecule has 10 nitrogen and oxygen atoms in total. The standard InChI is InChI=1S/C16H22N6O4S/c1-2-19-14-13(9-17)15(22-16(21-14)26-8-7-23)20-10-11-3-5-12(6-4-11)27(18,24)25/h3-6,9,17,23H,2,7-8,10H2,1H3,(H2,18,24,25)(H2,19,20,21,22). The number of ether oxygens (including phenoxy) is 1. The molecule has 0 aliphatic heterocycles. The number of hydrogen-bond acceptors (Lipinski definition) is 9. The largest absolute Gasteiger partial charge is 0.461 e. The SMILES string of the molecule is CCNc1nc(OCCO)nc(NCc2ccc(S(N)(=O)=O)cc2)c1C=N. The van der Waals surface area contributed by atoms with Gasteiger partial charge in [-0.25, -0.2) is 13.6 Å². The lowest BCUT2D eigenvalue weighted by Crippen LogP contribution is -2.14. The van der Waals surface area contributed by atoms with Gasteiger partial charge in [-0.05, 0) is 24.6 Å². The van der Waals surface area contributed by atoms with Crippen molar-refractivity contribution in [3.63, 3.8) is 0 Å². The number of aromatic nitrogens is 2. The first-order valence-corrected chi connectivity index (χ1v) is 9.69. The number of nitrogens with one attached hydrogen (secondary N) is 3. The maximum Gasteiger partial charge on any atom is 0.320 e. The van der Waals surface area contributed by atoms with Crippen molar-refractivity contribution in [3.8, 4) is 6.01 Å². The predicted molar refractivity (Wildman–Crippen MR) is 102 cm³/mol. The summed E-state index contributed by atoms with van der Waals surface area (Å²) in [6.45, 7) is 2.68. The van der Waals surface area contributed by atoms with E-state index in [1.54, 1.807) is 12.1 Å². The summed E-state index contributed by atoms with van der Waals surface area (Å²) in [5.74, 6) is 0.807. The lowest BCUT2D eigenvalue weighted by molar-refractivity contribution is 0.192. The summed E-state index contributed by atoms with van der Waals surface area (Å²) in [6, 6.07) is 6.17. The number of nitrogens with two attached hydrogens (primary N) is 1. The van der Waals surface area contributed by atoms with Crippen LogP contribution >= 0.6 is 0 Å². The van der Waals surface area contributed by atoms with Gasteiger partial charge in [0.1, 0.15) is 18.2 Å². The lowest BCUT2D eigenvalue weighted by Gasteiger charge is -2.14. The molecule has 0 radical (unpaired) electrons. The molecule has 27 heavy (non-hydrogen) atoms. The molecule has 0 spiro atoms. The minimum Gasteiger partial charge on any atom is -0.461 e. The molecule has 1 heterocycles. The average molecular weight is 394 g/mol. The van der Waals surface area contributed by atoms with Gasteiger partial charge >= 0.3 is 6.01 Å². The van der Waals surface area contributed by atoms with Gasteiger partial charge in [-0.1, -0.05) is 12.1 Å². The zero-order chi connectivity index (χ0) is 19.9. The van der Waals surface area contributed by atoms with Gasteiger partial charge in [0.2, 0.25) is 10.0 Å². The van der Waals surface area contributed by atoms with E-state index in [2.05, 4.69) is 20.6 Å². The second kappa shape index (κ2) is 9.26. The van der Waals surface area contributed by atoms with Crippen LogP contribution in [0.4, 0.5) is 11.6 Å². The van der Waals surface area contributed by atoms with Crippen LogP contribution < -0.4 is 20.5 Å². The molecule has 0 saturated carbocycles. The van der Waals surface area contributed by atoms with Crippen molar-refractivity contribution in [1.82, 2.24) is 9.97 Å². The van der Waals surface area contributed by atoms with Crippen molar-refractivity contribution in [1.29, 1.82) is 5.41 Å². The van der Waals surface area contributed by atoms with Crippen LogP contribution in [-0.2, 0) is 16.6 Å². The molecule has 0 aliphatic carbocycles. The average Bonchev–Trinajstić information content (AvgIpc) is 2.64. The topological polar surface area (TPSA) is 163 Å².